The minimum Gasteiger partial charge on any atom is -0.353 e. The molecular weight excluding hydrogens is 310 g/mol. The first-order chi connectivity index (χ1) is 10.1. The molecule has 1 aliphatic carbocycles. The Balaban J connectivity index is 0.00000176. The molecule has 1 aromatic rings. The predicted octanol–water partition coefficient (Wildman–Crippen LogP) is 2.75. The van der Waals surface area contributed by atoms with Crippen molar-refractivity contribution in [3.63, 3.8) is 0 Å². The molecule has 4 atom stereocenters. The maximum Gasteiger partial charge on any atom is 0.223 e. The maximum absolute atomic E-state index is 13.7. The summed E-state index contributed by atoms with van der Waals surface area (Å²) in [5, 5.41) is 6.39. The van der Waals surface area contributed by atoms with E-state index in [-0.39, 0.29) is 36.2 Å². The van der Waals surface area contributed by atoms with Crippen LogP contribution in [-0.2, 0) is 4.79 Å². The molecule has 0 radical (unpaired) electrons. The number of nitrogens with one attached hydrogen (secondary N) is 2. The van der Waals surface area contributed by atoms with Crippen LogP contribution in [0.15, 0.2) is 18.2 Å². The van der Waals surface area contributed by atoms with Crippen molar-refractivity contribution in [2.45, 2.75) is 44.2 Å². The van der Waals surface area contributed by atoms with Crippen molar-refractivity contribution in [2.24, 2.45) is 5.92 Å². The minimum absolute atomic E-state index is 0. The second-order valence-corrected chi connectivity index (χ2v) is 6.18. The molecule has 122 valence electrons. The van der Waals surface area contributed by atoms with Gasteiger partial charge >= 0.3 is 0 Å². The fraction of sp³-hybridized carbons (Fsp3) is 0.562. The largest absolute Gasteiger partial charge is 0.353 e. The summed E-state index contributed by atoms with van der Waals surface area (Å²) < 4.78 is 27.0. The number of hydrogen-bond acceptors (Lipinski definition) is 2. The Labute approximate surface area is 135 Å². The summed E-state index contributed by atoms with van der Waals surface area (Å²) in [5.74, 6) is -2.08. The van der Waals surface area contributed by atoms with Crippen molar-refractivity contribution >= 4 is 18.3 Å². The maximum atomic E-state index is 13.7. The molecule has 1 aliphatic heterocycles. The highest BCUT2D eigenvalue weighted by molar-refractivity contribution is 5.85. The quantitative estimate of drug-likeness (QED) is 0.894. The van der Waals surface area contributed by atoms with E-state index in [9.17, 15) is 13.6 Å². The SMILES string of the molecule is CC1CC(NC(=O)C2CC2c2cccc(F)c2F)CCN1.Cl. The summed E-state index contributed by atoms with van der Waals surface area (Å²) in [5.41, 5.74) is 0.328. The van der Waals surface area contributed by atoms with Gasteiger partial charge in [-0.25, -0.2) is 8.78 Å². The van der Waals surface area contributed by atoms with Gasteiger partial charge < -0.3 is 10.6 Å². The van der Waals surface area contributed by atoms with Crippen molar-refractivity contribution in [1.29, 1.82) is 0 Å². The van der Waals surface area contributed by atoms with E-state index in [1.54, 1.807) is 6.07 Å². The number of halogens is 3. The normalized spacial score (nSPS) is 30.3. The monoisotopic (exact) mass is 330 g/mol. The smallest absolute Gasteiger partial charge is 0.223 e. The number of rotatable bonds is 3. The Hall–Kier alpha value is -1.20. The van der Waals surface area contributed by atoms with E-state index in [4.69, 9.17) is 0 Å². The Morgan fingerprint density at radius 2 is 2.09 bits per heavy atom. The Morgan fingerprint density at radius 1 is 1.32 bits per heavy atom. The summed E-state index contributed by atoms with van der Waals surface area (Å²) in [6, 6.07) is 4.76. The zero-order chi connectivity index (χ0) is 15.0. The molecule has 2 fully saturated rings. The fourth-order valence-corrected chi connectivity index (χ4v) is 3.21. The van der Waals surface area contributed by atoms with Gasteiger partial charge in [0.25, 0.3) is 0 Å². The highest BCUT2D eigenvalue weighted by Gasteiger charge is 2.46. The molecule has 1 saturated heterocycles. The third-order valence-electron chi connectivity index (χ3n) is 4.48. The number of benzene rings is 1. The average molecular weight is 331 g/mol. The van der Waals surface area contributed by atoms with E-state index in [1.807, 2.05) is 0 Å². The van der Waals surface area contributed by atoms with E-state index in [2.05, 4.69) is 17.6 Å². The molecule has 2 aliphatic rings. The van der Waals surface area contributed by atoms with Crippen LogP contribution in [0, 0.1) is 17.6 Å². The molecule has 2 N–H and O–H groups in total. The number of piperidine rings is 1. The molecule has 0 aromatic heterocycles. The van der Waals surface area contributed by atoms with Gasteiger partial charge in [0.1, 0.15) is 0 Å². The first-order valence-corrected chi connectivity index (χ1v) is 7.54. The van der Waals surface area contributed by atoms with Gasteiger partial charge in [-0.3, -0.25) is 4.79 Å². The molecule has 1 aromatic carbocycles. The van der Waals surface area contributed by atoms with Crippen LogP contribution in [0.4, 0.5) is 8.78 Å². The summed E-state index contributed by atoms with van der Waals surface area (Å²) in [6.07, 6.45) is 2.44. The van der Waals surface area contributed by atoms with Crippen molar-refractivity contribution in [3.05, 3.63) is 35.4 Å². The van der Waals surface area contributed by atoms with Gasteiger partial charge in [-0.1, -0.05) is 12.1 Å². The second kappa shape index (κ2) is 6.92. The topological polar surface area (TPSA) is 41.1 Å². The molecular formula is C16H21ClF2N2O. The summed E-state index contributed by atoms with van der Waals surface area (Å²) in [7, 11) is 0. The average Bonchev–Trinajstić information content (AvgIpc) is 3.22. The van der Waals surface area contributed by atoms with E-state index >= 15 is 0 Å². The third kappa shape index (κ3) is 3.58. The van der Waals surface area contributed by atoms with E-state index in [0.717, 1.165) is 25.5 Å². The lowest BCUT2D eigenvalue weighted by molar-refractivity contribution is -0.123. The van der Waals surface area contributed by atoms with Crippen LogP contribution < -0.4 is 10.6 Å². The van der Waals surface area contributed by atoms with Crippen molar-refractivity contribution in [2.75, 3.05) is 6.54 Å². The van der Waals surface area contributed by atoms with Crippen molar-refractivity contribution < 1.29 is 13.6 Å². The van der Waals surface area contributed by atoms with Crippen LogP contribution >= 0.6 is 12.4 Å². The van der Waals surface area contributed by atoms with Gasteiger partial charge in [0, 0.05) is 18.0 Å². The standard InChI is InChI=1S/C16H20F2N2O.ClH/c1-9-7-10(5-6-19-9)20-16(21)13-8-12(13)11-3-2-4-14(17)15(11)18;/h2-4,9-10,12-13,19H,5-8H2,1H3,(H,20,21);1H. The van der Waals surface area contributed by atoms with Crippen LogP contribution in [0.2, 0.25) is 0 Å². The molecule has 1 saturated carbocycles. The van der Waals surface area contributed by atoms with E-state index in [0.29, 0.717) is 18.0 Å². The first-order valence-electron chi connectivity index (χ1n) is 7.54. The summed E-state index contributed by atoms with van der Waals surface area (Å²) in [4.78, 5) is 12.2. The molecule has 22 heavy (non-hydrogen) atoms. The molecule has 3 rings (SSSR count). The molecule has 6 heteroatoms. The van der Waals surface area contributed by atoms with Crippen LogP contribution in [0.25, 0.3) is 0 Å². The second-order valence-electron chi connectivity index (χ2n) is 6.18. The highest BCUT2D eigenvalue weighted by atomic mass is 35.5. The Morgan fingerprint density at radius 3 is 2.82 bits per heavy atom. The highest BCUT2D eigenvalue weighted by Crippen LogP contribution is 2.48. The third-order valence-corrected chi connectivity index (χ3v) is 4.48. The van der Waals surface area contributed by atoms with Crippen molar-refractivity contribution in [3.8, 4) is 0 Å². The number of carbonyl (C=O) groups is 1. The molecule has 0 spiro atoms. The molecule has 3 nitrogen and oxygen atoms in total. The number of amides is 1. The van der Waals surface area contributed by atoms with Gasteiger partial charge in [0.15, 0.2) is 11.6 Å². The lowest BCUT2D eigenvalue weighted by Gasteiger charge is -2.28. The molecule has 1 amide bonds. The van der Waals surface area contributed by atoms with E-state index in [1.165, 1.54) is 6.07 Å². The number of carbonyl (C=O) groups excluding carboxylic acids is 1. The lowest BCUT2D eigenvalue weighted by Crippen LogP contribution is -2.47. The Bertz CT molecular complexity index is 555. The minimum atomic E-state index is -0.842. The van der Waals surface area contributed by atoms with Gasteiger partial charge in [0.05, 0.1) is 0 Å². The summed E-state index contributed by atoms with van der Waals surface area (Å²) >= 11 is 0. The van der Waals surface area contributed by atoms with Gasteiger partial charge in [-0.15, -0.1) is 12.4 Å². The Kier molecular flexibility index (Phi) is 5.40. The molecule has 1 heterocycles. The molecule has 0 bridgehead atoms. The number of hydrogen-bond donors (Lipinski definition) is 2. The fourth-order valence-electron chi connectivity index (χ4n) is 3.21. The van der Waals surface area contributed by atoms with Crippen LogP contribution in [-0.4, -0.2) is 24.5 Å². The summed E-state index contributed by atoms with van der Waals surface area (Å²) in [6.45, 7) is 3.00. The first kappa shape index (κ1) is 17.2. The zero-order valence-electron chi connectivity index (χ0n) is 12.4. The van der Waals surface area contributed by atoms with Gasteiger partial charge in [-0.2, -0.15) is 0 Å². The predicted molar refractivity (Wildman–Crippen MR) is 83.1 cm³/mol. The van der Waals surface area contributed by atoms with Gasteiger partial charge in [-0.05, 0) is 50.3 Å². The van der Waals surface area contributed by atoms with Crippen LogP contribution in [0.5, 0.6) is 0 Å². The van der Waals surface area contributed by atoms with Crippen LogP contribution in [0.1, 0.15) is 37.7 Å². The van der Waals surface area contributed by atoms with Crippen LogP contribution in [0.3, 0.4) is 0 Å². The van der Waals surface area contributed by atoms with E-state index < -0.39 is 11.6 Å². The van der Waals surface area contributed by atoms with Crippen molar-refractivity contribution in [1.82, 2.24) is 10.6 Å². The lowest BCUT2D eigenvalue weighted by atomic mass is 10.00. The zero-order valence-corrected chi connectivity index (χ0v) is 13.3. The van der Waals surface area contributed by atoms with Gasteiger partial charge in [0.2, 0.25) is 5.91 Å². The molecule has 4 unspecified atom stereocenters.